The highest BCUT2D eigenvalue weighted by atomic mass is 32.1. The van der Waals surface area contributed by atoms with Gasteiger partial charge in [-0.2, -0.15) is 0 Å². The number of carboxylic acid groups (broad SMARTS) is 1. The van der Waals surface area contributed by atoms with Crippen molar-refractivity contribution < 1.29 is 25.2 Å². The first-order valence-electron chi connectivity index (χ1n) is 11.1. The zero-order chi connectivity index (χ0) is 21.9. The number of thiophene rings is 1. The summed E-state index contributed by atoms with van der Waals surface area (Å²) in [5.41, 5.74) is 0. The van der Waals surface area contributed by atoms with Gasteiger partial charge in [0.2, 0.25) is 0 Å². The van der Waals surface area contributed by atoms with Crippen LogP contribution in [0.2, 0.25) is 0 Å². The van der Waals surface area contributed by atoms with Crippen molar-refractivity contribution in [2.75, 3.05) is 0 Å². The van der Waals surface area contributed by atoms with E-state index in [4.69, 9.17) is 5.11 Å². The topological polar surface area (TPSA) is 98.0 Å². The van der Waals surface area contributed by atoms with E-state index in [1.54, 1.807) is 6.08 Å². The first-order chi connectivity index (χ1) is 14.4. The van der Waals surface area contributed by atoms with E-state index >= 15 is 0 Å². The largest absolute Gasteiger partial charge is 0.481 e. The number of unbranched alkanes of at least 4 members (excludes halogenated alkanes) is 1. The molecule has 1 saturated carbocycles. The molecule has 0 unspecified atom stereocenters. The van der Waals surface area contributed by atoms with Gasteiger partial charge in [-0.05, 0) is 56.6 Å². The number of aryl methyl sites for hydroxylation is 2. The maximum Gasteiger partial charge on any atom is 0.303 e. The third-order valence-corrected chi connectivity index (χ3v) is 6.91. The second kappa shape index (κ2) is 13.1. The highest BCUT2D eigenvalue weighted by Gasteiger charge is 2.39. The molecule has 1 aliphatic carbocycles. The van der Waals surface area contributed by atoms with Crippen LogP contribution in [0.3, 0.4) is 0 Å². The number of aliphatic hydroxyl groups is 3. The number of aliphatic carboxylic acids is 1. The predicted molar refractivity (Wildman–Crippen MR) is 121 cm³/mol. The maximum absolute atomic E-state index is 10.5. The van der Waals surface area contributed by atoms with Crippen LogP contribution in [0.1, 0.15) is 61.6 Å². The van der Waals surface area contributed by atoms with Crippen molar-refractivity contribution in [3.8, 4) is 0 Å². The molecule has 0 aliphatic heterocycles. The Bertz CT molecular complexity index is 696. The molecular weight excluding hydrogens is 400 g/mol. The third kappa shape index (κ3) is 8.34. The lowest BCUT2D eigenvalue weighted by atomic mass is 9.89. The molecule has 168 valence electrons. The zero-order valence-corrected chi connectivity index (χ0v) is 18.6. The molecule has 1 fully saturated rings. The molecule has 0 spiro atoms. The number of hydrogen-bond acceptors (Lipinski definition) is 5. The van der Waals surface area contributed by atoms with Gasteiger partial charge < -0.3 is 20.4 Å². The Morgan fingerprint density at radius 1 is 1.20 bits per heavy atom. The van der Waals surface area contributed by atoms with Crippen LogP contribution in [0.5, 0.6) is 0 Å². The molecule has 0 amide bonds. The zero-order valence-electron chi connectivity index (χ0n) is 17.8. The number of carboxylic acids is 1. The summed E-state index contributed by atoms with van der Waals surface area (Å²) in [5, 5.41) is 39.6. The Hall–Kier alpha value is -1.47. The standard InChI is InChI=1S/C24H36O5S/c1-2-7-18-13-14-19(30-18)12-10-17(25)11-15-21-20(22(26)16-23(21)27)8-5-3-4-6-9-24(28)29/h3,5,11,13-15,17,20-23,25-27H,2,4,6-10,12,16H2,1H3,(H,28,29)/b5-3-,15-11+/t17-,20+,21+,22-,23+/m0/s1. The summed E-state index contributed by atoms with van der Waals surface area (Å²) in [7, 11) is 0. The number of rotatable bonds is 13. The lowest BCUT2D eigenvalue weighted by molar-refractivity contribution is -0.137. The molecule has 1 aromatic rings. The van der Waals surface area contributed by atoms with Crippen molar-refractivity contribution in [2.24, 2.45) is 11.8 Å². The van der Waals surface area contributed by atoms with E-state index in [9.17, 15) is 20.1 Å². The minimum absolute atomic E-state index is 0.0897. The van der Waals surface area contributed by atoms with Crippen LogP contribution >= 0.6 is 11.3 Å². The van der Waals surface area contributed by atoms with Gasteiger partial charge in [0.25, 0.3) is 0 Å². The van der Waals surface area contributed by atoms with Gasteiger partial charge in [-0.3, -0.25) is 4.79 Å². The van der Waals surface area contributed by atoms with Gasteiger partial charge in [0.1, 0.15) is 0 Å². The maximum atomic E-state index is 10.5. The van der Waals surface area contributed by atoms with E-state index in [2.05, 4.69) is 19.1 Å². The summed E-state index contributed by atoms with van der Waals surface area (Å²) >= 11 is 1.81. The van der Waals surface area contributed by atoms with Gasteiger partial charge in [-0.25, -0.2) is 0 Å². The predicted octanol–water partition coefficient (Wildman–Crippen LogP) is 4.11. The Kier molecular flexibility index (Phi) is 10.8. The van der Waals surface area contributed by atoms with Crippen LogP contribution in [-0.2, 0) is 17.6 Å². The van der Waals surface area contributed by atoms with Crippen LogP contribution in [0.4, 0.5) is 0 Å². The smallest absolute Gasteiger partial charge is 0.303 e. The number of aliphatic hydroxyl groups excluding tert-OH is 3. The van der Waals surface area contributed by atoms with Crippen LogP contribution in [0.15, 0.2) is 36.4 Å². The Balaban J connectivity index is 1.81. The molecule has 1 heterocycles. The van der Waals surface area contributed by atoms with E-state index < -0.39 is 24.3 Å². The lowest BCUT2D eigenvalue weighted by Crippen LogP contribution is -2.20. The number of allylic oxidation sites excluding steroid dienone is 2. The van der Waals surface area contributed by atoms with E-state index in [1.165, 1.54) is 9.75 Å². The second-order valence-corrected chi connectivity index (χ2v) is 9.47. The van der Waals surface area contributed by atoms with Gasteiger partial charge >= 0.3 is 5.97 Å². The summed E-state index contributed by atoms with van der Waals surface area (Å²) in [5.74, 6) is -1.06. The molecule has 5 nitrogen and oxygen atoms in total. The summed E-state index contributed by atoms with van der Waals surface area (Å²) in [6, 6.07) is 4.31. The van der Waals surface area contributed by atoms with Crippen LogP contribution < -0.4 is 0 Å². The van der Waals surface area contributed by atoms with Gasteiger partial charge in [0, 0.05) is 28.5 Å². The monoisotopic (exact) mass is 436 g/mol. The minimum Gasteiger partial charge on any atom is -0.481 e. The molecule has 0 bridgehead atoms. The van der Waals surface area contributed by atoms with Crippen molar-refractivity contribution in [3.05, 3.63) is 46.2 Å². The van der Waals surface area contributed by atoms with Crippen LogP contribution in [0.25, 0.3) is 0 Å². The average Bonchev–Trinajstić information content (AvgIpc) is 3.25. The fraction of sp³-hybridized carbons (Fsp3) is 0.625. The van der Waals surface area contributed by atoms with Crippen molar-refractivity contribution in [1.29, 1.82) is 0 Å². The molecule has 4 N–H and O–H groups in total. The fourth-order valence-electron chi connectivity index (χ4n) is 4.03. The van der Waals surface area contributed by atoms with E-state index in [0.717, 1.165) is 19.3 Å². The van der Waals surface area contributed by atoms with Gasteiger partial charge in [0.15, 0.2) is 0 Å². The van der Waals surface area contributed by atoms with E-state index in [-0.39, 0.29) is 18.3 Å². The summed E-state index contributed by atoms with van der Waals surface area (Å²) in [6.07, 6.45) is 11.9. The third-order valence-electron chi connectivity index (χ3n) is 5.71. The van der Waals surface area contributed by atoms with Crippen LogP contribution in [-0.4, -0.2) is 44.7 Å². The first-order valence-corrected chi connectivity index (χ1v) is 11.9. The normalized spacial score (nSPS) is 25.5. The molecule has 1 aliphatic rings. The lowest BCUT2D eigenvalue weighted by Gasteiger charge is -2.19. The van der Waals surface area contributed by atoms with Crippen molar-refractivity contribution in [2.45, 2.75) is 83.0 Å². The Labute approximate surface area is 183 Å². The molecule has 0 saturated heterocycles. The Morgan fingerprint density at radius 3 is 2.63 bits per heavy atom. The molecule has 0 aromatic carbocycles. The molecule has 30 heavy (non-hydrogen) atoms. The van der Waals surface area contributed by atoms with Gasteiger partial charge in [-0.15, -0.1) is 11.3 Å². The molecular formula is C24H36O5S. The fourth-order valence-corrected chi connectivity index (χ4v) is 5.16. The van der Waals surface area contributed by atoms with Crippen LogP contribution in [0, 0.1) is 11.8 Å². The summed E-state index contributed by atoms with van der Waals surface area (Å²) in [4.78, 5) is 13.2. The van der Waals surface area contributed by atoms with Crippen molar-refractivity contribution in [3.63, 3.8) is 0 Å². The van der Waals surface area contributed by atoms with E-state index in [0.29, 0.717) is 32.1 Å². The first kappa shape index (κ1) is 24.8. The minimum atomic E-state index is -0.790. The average molecular weight is 437 g/mol. The quantitative estimate of drug-likeness (QED) is 0.276. The SMILES string of the molecule is CCCc1ccc(CC[C@H](O)/C=C/[C@@H]2[C@@H](C/C=C\CCCC(=O)O)[C@@H](O)C[C@H]2O)s1. The molecule has 1 aromatic heterocycles. The number of hydrogen-bond donors (Lipinski definition) is 4. The highest BCUT2D eigenvalue weighted by molar-refractivity contribution is 7.11. The summed E-state index contributed by atoms with van der Waals surface area (Å²) in [6.45, 7) is 2.17. The molecule has 2 rings (SSSR count). The van der Waals surface area contributed by atoms with Gasteiger partial charge in [-0.1, -0.05) is 37.6 Å². The Morgan fingerprint density at radius 2 is 1.93 bits per heavy atom. The second-order valence-electron chi connectivity index (χ2n) is 8.21. The molecule has 5 atom stereocenters. The van der Waals surface area contributed by atoms with E-state index in [1.807, 2.05) is 29.6 Å². The van der Waals surface area contributed by atoms with Crippen molar-refractivity contribution in [1.82, 2.24) is 0 Å². The highest BCUT2D eigenvalue weighted by Crippen LogP contribution is 2.36. The number of carbonyl (C=O) groups is 1. The van der Waals surface area contributed by atoms with Crippen molar-refractivity contribution >= 4 is 17.3 Å². The molecule has 0 radical (unpaired) electrons. The summed E-state index contributed by atoms with van der Waals surface area (Å²) < 4.78 is 0. The molecule has 6 heteroatoms. The van der Waals surface area contributed by atoms with Gasteiger partial charge in [0.05, 0.1) is 18.3 Å².